The van der Waals surface area contributed by atoms with Gasteiger partial charge in [-0.2, -0.15) is 0 Å². The minimum Gasteiger partial charge on any atom is -0.481 e. The third-order valence-electron chi connectivity index (χ3n) is 10.7. The van der Waals surface area contributed by atoms with Crippen LogP contribution in [0.1, 0.15) is 83.7 Å². The number of imidazole rings is 1. The van der Waals surface area contributed by atoms with Crippen LogP contribution in [0.4, 0.5) is 0 Å². The topological polar surface area (TPSA) is 501 Å². The van der Waals surface area contributed by atoms with Crippen molar-refractivity contribution in [3.8, 4) is 0 Å². The number of rotatable bonds is 31. The average Bonchev–Trinajstić information content (AvgIpc) is 3.99. The predicted octanol–water partition coefficient (Wildman–Crippen LogP) is -7.24. The number of primary amides is 3. The van der Waals surface area contributed by atoms with E-state index in [-0.39, 0.29) is 63.3 Å². The fourth-order valence-electron chi connectivity index (χ4n) is 6.99. The first-order valence-electron chi connectivity index (χ1n) is 22.0. The highest BCUT2D eigenvalue weighted by molar-refractivity contribution is 5.98. The van der Waals surface area contributed by atoms with E-state index < -0.39 is 152 Å². The third kappa shape index (κ3) is 20.1. The molecule has 1 aliphatic rings. The van der Waals surface area contributed by atoms with Crippen LogP contribution in [0.15, 0.2) is 17.5 Å². The second kappa shape index (κ2) is 28.7. The number of aliphatic hydroxyl groups excluding tert-OH is 1. The number of aliphatic carboxylic acids is 1. The van der Waals surface area contributed by atoms with Gasteiger partial charge in [-0.25, -0.2) is 4.98 Å². The lowest BCUT2D eigenvalue weighted by Gasteiger charge is -2.29. The highest BCUT2D eigenvalue weighted by Crippen LogP contribution is 2.19. The molecule has 2 heterocycles. The number of guanidine groups is 1. The van der Waals surface area contributed by atoms with Gasteiger partial charge in [-0.3, -0.25) is 57.7 Å². The van der Waals surface area contributed by atoms with Crippen molar-refractivity contribution in [2.45, 2.75) is 133 Å². The number of carbonyl (C=O) groups excluding carboxylic acids is 10. The first-order valence-corrected chi connectivity index (χ1v) is 22.0. The molecular formula is C40H66N16O13. The van der Waals surface area contributed by atoms with Crippen molar-refractivity contribution in [3.05, 3.63) is 18.2 Å². The molecular weight excluding hydrogens is 913 g/mol. The van der Waals surface area contributed by atoms with Crippen LogP contribution >= 0.6 is 0 Å². The van der Waals surface area contributed by atoms with Gasteiger partial charge in [0, 0.05) is 50.7 Å². The van der Waals surface area contributed by atoms with Gasteiger partial charge < -0.3 is 86.4 Å². The van der Waals surface area contributed by atoms with Gasteiger partial charge >= 0.3 is 5.97 Å². The number of carboxylic acid groups (broad SMARTS) is 1. The number of carboxylic acids is 1. The highest BCUT2D eigenvalue weighted by Gasteiger charge is 2.39. The molecule has 10 amide bonds. The molecule has 8 atom stereocenters. The molecule has 0 unspecified atom stereocenters. The van der Waals surface area contributed by atoms with E-state index in [1.54, 1.807) is 13.8 Å². The summed E-state index contributed by atoms with van der Waals surface area (Å²) in [4.78, 5) is 155. The van der Waals surface area contributed by atoms with E-state index in [4.69, 9.17) is 34.4 Å². The Hall–Kier alpha value is -7.43. The van der Waals surface area contributed by atoms with Gasteiger partial charge in [-0.1, -0.05) is 13.8 Å². The molecule has 0 aliphatic carbocycles. The molecule has 0 radical (unpaired) electrons. The molecule has 69 heavy (non-hydrogen) atoms. The number of aliphatic hydroxyl groups is 1. The Balaban J connectivity index is 2.46. The predicted molar refractivity (Wildman–Crippen MR) is 241 cm³/mol. The van der Waals surface area contributed by atoms with Gasteiger partial charge in [0.1, 0.15) is 48.3 Å². The number of aromatic amines is 1. The minimum absolute atomic E-state index is 0.0180. The summed E-state index contributed by atoms with van der Waals surface area (Å²) in [5, 5.41) is 33.7. The first kappa shape index (κ1) is 57.7. The molecule has 0 saturated carbocycles. The van der Waals surface area contributed by atoms with Crippen molar-refractivity contribution in [1.29, 1.82) is 0 Å². The number of H-pyrrole nitrogens is 1. The van der Waals surface area contributed by atoms with Crippen molar-refractivity contribution in [1.82, 2.24) is 46.8 Å². The lowest BCUT2D eigenvalue weighted by molar-refractivity contribution is -0.141. The number of likely N-dealkylation sites (tertiary alicyclic amines) is 1. The maximum Gasteiger partial charge on any atom is 0.303 e. The van der Waals surface area contributed by atoms with E-state index >= 15 is 0 Å². The molecule has 29 nitrogen and oxygen atoms in total. The molecule has 29 heteroatoms. The molecule has 1 saturated heterocycles. The van der Waals surface area contributed by atoms with Crippen LogP contribution in [0.3, 0.4) is 0 Å². The van der Waals surface area contributed by atoms with Crippen molar-refractivity contribution < 1.29 is 63.0 Å². The van der Waals surface area contributed by atoms with E-state index in [0.717, 1.165) is 4.90 Å². The average molecular weight is 979 g/mol. The molecule has 0 bridgehead atoms. The van der Waals surface area contributed by atoms with Crippen LogP contribution in [0.25, 0.3) is 0 Å². The van der Waals surface area contributed by atoms with Gasteiger partial charge in [0.25, 0.3) is 0 Å². The van der Waals surface area contributed by atoms with Crippen LogP contribution in [0.2, 0.25) is 0 Å². The van der Waals surface area contributed by atoms with Gasteiger partial charge in [0.05, 0.1) is 12.9 Å². The van der Waals surface area contributed by atoms with Gasteiger partial charge in [0.2, 0.25) is 59.1 Å². The highest BCUT2D eigenvalue weighted by atomic mass is 16.4. The maximum absolute atomic E-state index is 14.2. The number of hydrogen-bond donors (Lipinski definition) is 15. The summed E-state index contributed by atoms with van der Waals surface area (Å²) in [5.74, 6) is -11.3. The molecule has 1 aromatic rings. The second-order valence-electron chi connectivity index (χ2n) is 16.6. The van der Waals surface area contributed by atoms with Crippen LogP contribution in [-0.2, 0) is 59.2 Å². The summed E-state index contributed by atoms with van der Waals surface area (Å²) in [7, 11) is 0. The van der Waals surface area contributed by atoms with Crippen LogP contribution in [-0.4, -0.2) is 164 Å². The zero-order chi connectivity index (χ0) is 52.0. The van der Waals surface area contributed by atoms with Crippen molar-refractivity contribution in [2.75, 3.05) is 19.7 Å². The smallest absolute Gasteiger partial charge is 0.303 e. The third-order valence-corrected chi connectivity index (χ3v) is 10.7. The molecule has 1 aromatic heterocycles. The van der Waals surface area contributed by atoms with Crippen molar-refractivity contribution >= 4 is 71.0 Å². The zero-order valence-corrected chi connectivity index (χ0v) is 38.4. The van der Waals surface area contributed by atoms with Crippen LogP contribution < -0.4 is 66.3 Å². The summed E-state index contributed by atoms with van der Waals surface area (Å²) in [5.41, 5.74) is 32.9. The Kier molecular flexibility index (Phi) is 24.0. The van der Waals surface area contributed by atoms with Crippen molar-refractivity contribution in [3.63, 3.8) is 0 Å². The second-order valence-corrected chi connectivity index (χ2v) is 16.6. The number of aromatic nitrogens is 2. The van der Waals surface area contributed by atoms with E-state index in [1.165, 1.54) is 12.5 Å². The van der Waals surface area contributed by atoms with E-state index in [1.807, 2.05) is 0 Å². The number of aliphatic imine (C=N–C) groups is 1. The van der Waals surface area contributed by atoms with E-state index in [0.29, 0.717) is 6.42 Å². The Morgan fingerprint density at radius 2 is 1.26 bits per heavy atom. The number of nitrogens with one attached hydrogen (secondary N) is 7. The fraction of sp³-hybridized carbons (Fsp3) is 0.625. The molecule has 384 valence electrons. The Morgan fingerprint density at radius 3 is 1.78 bits per heavy atom. The van der Waals surface area contributed by atoms with Crippen LogP contribution in [0, 0.1) is 5.92 Å². The molecule has 0 aromatic carbocycles. The molecule has 0 spiro atoms. The van der Waals surface area contributed by atoms with E-state index in [9.17, 15) is 63.0 Å². The summed E-state index contributed by atoms with van der Waals surface area (Å²) < 4.78 is 0. The van der Waals surface area contributed by atoms with E-state index in [2.05, 4.69) is 46.9 Å². The summed E-state index contributed by atoms with van der Waals surface area (Å²) >= 11 is 0. The number of nitrogens with two attached hydrogens (primary N) is 6. The first-order chi connectivity index (χ1) is 32.4. The minimum atomic E-state index is -1.64. The monoisotopic (exact) mass is 978 g/mol. The summed E-state index contributed by atoms with van der Waals surface area (Å²) in [6.45, 7) is 2.54. The lowest BCUT2D eigenvalue weighted by Crippen LogP contribution is -2.61. The number of carbonyl (C=O) groups is 11. The number of hydrogen-bond acceptors (Lipinski definition) is 15. The lowest BCUT2D eigenvalue weighted by atomic mass is 10.0. The summed E-state index contributed by atoms with van der Waals surface area (Å²) in [6.07, 6.45) is 0.192. The molecule has 2 rings (SSSR count). The number of nitrogens with zero attached hydrogens (tertiary/aromatic N) is 3. The van der Waals surface area contributed by atoms with Crippen molar-refractivity contribution in [2.24, 2.45) is 45.3 Å². The molecule has 1 fully saturated rings. The molecule has 1 aliphatic heterocycles. The van der Waals surface area contributed by atoms with Gasteiger partial charge in [-0.15, -0.1) is 0 Å². The Morgan fingerprint density at radius 1 is 0.739 bits per heavy atom. The quantitative estimate of drug-likeness (QED) is 0.0187. The maximum atomic E-state index is 14.2. The molecule has 21 N–H and O–H groups in total. The Labute approximate surface area is 396 Å². The summed E-state index contributed by atoms with van der Waals surface area (Å²) in [6, 6.07) is -11.4. The zero-order valence-electron chi connectivity index (χ0n) is 38.4. The Bertz CT molecular complexity index is 2010. The standard InChI is InChI=1S/C40H66N16O13/c1-19(2)31(38(68)50-22(32(44)62)7-10-28(42)58)55-35(65)23(5-3-13-48-40(45)46)51-33(63)24(8-11-29(43)59)52-36(66)26(15-20-16-47-18-49-20)54-34(64)25(9-12-30(60)61)53-37(67)27-6-4-14-56(27)39(69)21(41)17-57/h16,18-19,21-27,31,57H,3-15,17,41H2,1-2H3,(H2,42,58)(H2,43,59)(H2,44,62)(H,47,49)(H,50,68)(H,51,63)(H,52,66)(H,53,67)(H,54,64)(H,55,65)(H,60,61)(H4,45,46,48)/t21-,22-,23-,24-,25+,26-,27-,31-/m0/s1. The largest absolute Gasteiger partial charge is 0.481 e. The van der Waals surface area contributed by atoms with Gasteiger partial charge in [-0.05, 0) is 50.9 Å². The number of amides is 10. The SMILES string of the molecule is CC(C)[C@H](NC(=O)[C@H](CCCN=C(N)N)NC(=O)[C@H](CCC(N)=O)NC(=O)[C@H](Cc1cnc[nH]1)NC(=O)[C@@H](CCC(=O)O)NC(=O)[C@@H]1CCCN1C(=O)[C@@H](N)CO)C(=O)N[C@@H](CCC(N)=O)C(N)=O. The van der Waals surface area contributed by atoms with Crippen LogP contribution in [0.5, 0.6) is 0 Å². The fourth-order valence-corrected chi connectivity index (χ4v) is 6.99. The van der Waals surface area contributed by atoms with Gasteiger partial charge in [0.15, 0.2) is 5.96 Å². The normalized spacial score (nSPS) is 16.2.